The highest BCUT2D eigenvalue weighted by Crippen LogP contribution is 2.12. The van der Waals surface area contributed by atoms with Crippen LogP contribution in [0.4, 0.5) is 10.1 Å². The van der Waals surface area contributed by atoms with Crippen LogP contribution in [-0.2, 0) is 16.6 Å². The molecule has 0 saturated carbocycles. The Hall–Kier alpha value is -2.41. The zero-order valence-electron chi connectivity index (χ0n) is 12.5. The maximum Gasteiger partial charge on any atom is 0.251 e. The number of nitrogens with one attached hydrogen (secondary N) is 2. The second-order valence-electron chi connectivity index (χ2n) is 4.86. The van der Waals surface area contributed by atoms with Crippen molar-refractivity contribution >= 4 is 21.6 Å². The number of rotatable bonds is 6. The van der Waals surface area contributed by atoms with Gasteiger partial charge in [0.05, 0.1) is 5.75 Å². The van der Waals surface area contributed by atoms with E-state index >= 15 is 0 Å². The highest BCUT2D eigenvalue weighted by atomic mass is 32.2. The van der Waals surface area contributed by atoms with Gasteiger partial charge in [-0.05, 0) is 37.3 Å². The topological polar surface area (TPSA) is 75.3 Å². The van der Waals surface area contributed by atoms with Crippen LogP contribution in [0, 0.1) is 5.82 Å². The summed E-state index contributed by atoms with van der Waals surface area (Å²) in [5.41, 5.74) is 1.14. The first kappa shape index (κ1) is 17.0. The first-order valence-electron chi connectivity index (χ1n) is 7.03. The van der Waals surface area contributed by atoms with E-state index in [4.69, 9.17) is 0 Å². The second-order valence-corrected chi connectivity index (χ2v) is 6.87. The number of anilines is 1. The largest absolute Gasteiger partial charge is 0.348 e. The lowest BCUT2D eigenvalue weighted by Crippen LogP contribution is -2.23. The van der Waals surface area contributed by atoms with Crippen LogP contribution in [0.25, 0.3) is 0 Å². The van der Waals surface area contributed by atoms with Gasteiger partial charge in [-0.15, -0.1) is 0 Å². The molecule has 0 aromatic heterocycles. The van der Waals surface area contributed by atoms with Crippen molar-refractivity contribution in [1.82, 2.24) is 5.32 Å². The van der Waals surface area contributed by atoms with Crippen LogP contribution in [0.1, 0.15) is 22.8 Å². The van der Waals surface area contributed by atoms with Gasteiger partial charge in [0, 0.05) is 23.4 Å². The average molecular weight is 336 g/mol. The molecule has 5 nitrogen and oxygen atoms in total. The Balaban J connectivity index is 1.99. The highest BCUT2D eigenvalue weighted by molar-refractivity contribution is 7.92. The first-order valence-corrected chi connectivity index (χ1v) is 8.68. The molecule has 1 amide bonds. The summed E-state index contributed by atoms with van der Waals surface area (Å²) in [6.07, 6.45) is 0. The van der Waals surface area contributed by atoms with Crippen LogP contribution in [0.3, 0.4) is 0 Å². The molecule has 2 rings (SSSR count). The third kappa shape index (κ3) is 4.79. The normalized spacial score (nSPS) is 11.0. The molecule has 0 radical (unpaired) electrons. The smallest absolute Gasteiger partial charge is 0.251 e. The lowest BCUT2D eigenvalue weighted by atomic mass is 10.1. The minimum atomic E-state index is -3.35. The van der Waals surface area contributed by atoms with E-state index in [1.165, 1.54) is 37.3 Å². The molecular weight excluding hydrogens is 319 g/mol. The first-order chi connectivity index (χ1) is 10.9. The maximum absolute atomic E-state index is 13.5. The summed E-state index contributed by atoms with van der Waals surface area (Å²) < 4.78 is 38.8. The van der Waals surface area contributed by atoms with Crippen LogP contribution >= 0.6 is 0 Å². The number of hydrogen-bond donors (Lipinski definition) is 2. The highest BCUT2D eigenvalue weighted by Gasteiger charge is 2.09. The Morgan fingerprint density at radius 3 is 2.35 bits per heavy atom. The molecule has 23 heavy (non-hydrogen) atoms. The zero-order valence-corrected chi connectivity index (χ0v) is 13.4. The quantitative estimate of drug-likeness (QED) is 0.851. The minimum Gasteiger partial charge on any atom is -0.348 e. The van der Waals surface area contributed by atoms with Gasteiger partial charge < -0.3 is 5.32 Å². The van der Waals surface area contributed by atoms with E-state index in [2.05, 4.69) is 10.0 Å². The molecule has 2 aromatic rings. The molecule has 122 valence electrons. The van der Waals surface area contributed by atoms with Gasteiger partial charge in [-0.3, -0.25) is 9.52 Å². The van der Waals surface area contributed by atoms with E-state index in [1.807, 2.05) is 0 Å². The summed E-state index contributed by atoms with van der Waals surface area (Å²) in [6, 6.07) is 12.2. The van der Waals surface area contributed by atoms with Crippen molar-refractivity contribution in [2.45, 2.75) is 13.5 Å². The number of halogens is 1. The lowest BCUT2D eigenvalue weighted by molar-refractivity contribution is 0.0950. The predicted molar refractivity (Wildman–Crippen MR) is 87.1 cm³/mol. The van der Waals surface area contributed by atoms with E-state index in [1.54, 1.807) is 18.2 Å². The van der Waals surface area contributed by atoms with Gasteiger partial charge in [-0.25, -0.2) is 12.8 Å². The fraction of sp³-hybridized carbons (Fsp3) is 0.188. The molecule has 0 heterocycles. The third-order valence-corrected chi connectivity index (χ3v) is 4.50. The van der Waals surface area contributed by atoms with E-state index in [9.17, 15) is 17.6 Å². The summed E-state index contributed by atoms with van der Waals surface area (Å²) in [4.78, 5) is 12.0. The van der Waals surface area contributed by atoms with E-state index in [0.29, 0.717) is 16.8 Å². The number of benzene rings is 2. The van der Waals surface area contributed by atoms with Crippen LogP contribution in [0.15, 0.2) is 48.5 Å². The van der Waals surface area contributed by atoms with Crippen LogP contribution in [0.2, 0.25) is 0 Å². The van der Waals surface area contributed by atoms with Crippen molar-refractivity contribution < 1.29 is 17.6 Å². The molecule has 2 aromatic carbocycles. The van der Waals surface area contributed by atoms with E-state index < -0.39 is 10.0 Å². The average Bonchev–Trinajstić information content (AvgIpc) is 2.54. The van der Waals surface area contributed by atoms with Gasteiger partial charge in [0.15, 0.2) is 0 Å². The van der Waals surface area contributed by atoms with Gasteiger partial charge in [0.1, 0.15) is 5.82 Å². The minimum absolute atomic E-state index is 0.0299. The summed E-state index contributed by atoms with van der Waals surface area (Å²) in [7, 11) is -3.35. The molecule has 0 fully saturated rings. The van der Waals surface area contributed by atoms with Gasteiger partial charge in [0.2, 0.25) is 10.0 Å². The Morgan fingerprint density at radius 1 is 1.09 bits per heavy atom. The molecule has 0 atom stereocenters. The number of carbonyl (C=O) groups is 1. The van der Waals surface area contributed by atoms with Crippen LogP contribution in [-0.4, -0.2) is 20.1 Å². The van der Waals surface area contributed by atoms with Crippen LogP contribution < -0.4 is 10.0 Å². The second kappa shape index (κ2) is 7.23. The van der Waals surface area contributed by atoms with Gasteiger partial charge in [0.25, 0.3) is 5.91 Å². The van der Waals surface area contributed by atoms with Gasteiger partial charge in [-0.1, -0.05) is 18.2 Å². The standard InChI is InChI=1S/C16H17FN2O3S/c1-2-23(21,22)19-14-9-7-12(8-10-14)16(20)18-11-13-5-3-4-6-15(13)17/h3-10,19H,2,11H2,1H3,(H,18,20). The molecule has 0 unspecified atom stereocenters. The molecule has 2 N–H and O–H groups in total. The van der Waals surface area contributed by atoms with E-state index in [0.717, 1.165) is 0 Å². The summed E-state index contributed by atoms with van der Waals surface area (Å²) >= 11 is 0. The van der Waals surface area contributed by atoms with Crippen molar-refractivity contribution in [3.8, 4) is 0 Å². The summed E-state index contributed by atoms with van der Waals surface area (Å²) in [6.45, 7) is 1.61. The molecule has 0 bridgehead atoms. The SMILES string of the molecule is CCS(=O)(=O)Nc1ccc(C(=O)NCc2ccccc2F)cc1. The van der Waals surface area contributed by atoms with Crippen LogP contribution in [0.5, 0.6) is 0 Å². The molecule has 0 aliphatic rings. The monoisotopic (exact) mass is 336 g/mol. The molecule has 0 spiro atoms. The maximum atomic E-state index is 13.5. The molecule has 7 heteroatoms. The van der Waals surface area contributed by atoms with Crippen molar-refractivity contribution in [3.63, 3.8) is 0 Å². The fourth-order valence-electron chi connectivity index (χ4n) is 1.86. The number of carbonyl (C=O) groups excluding carboxylic acids is 1. The number of sulfonamides is 1. The lowest BCUT2D eigenvalue weighted by Gasteiger charge is -2.08. The fourth-order valence-corrected chi connectivity index (χ4v) is 2.50. The number of amides is 1. The summed E-state index contributed by atoms with van der Waals surface area (Å²) in [5.74, 6) is -0.770. The Bertz CT molecular complexity index is 789. The zero-order chi connectivity index (χ0) is 16.9. The van der Waals surface area contributed by atoms with Crippen molar-refractivity contribution in [2.24, 2.45) is 0 Å². The Labute approximate surface area is 134 Å². The summed E-state index contributed by atoms with van der Waals surface area (Å²) in [5, 5.41) is 2.62. The molecule has 0 aliphatic heterocycles. The third-order valence-electron chi connectivity index (χ3n) is 3.20. The number of hydrogen-bond acceptors (Lipinski definition) is 3. The molecular formula is C16H17FN2O3S. The molecule has 0 aliphatic carbocycles. The Morgan fingerprint density at radius 2 is 1.74 bits per heavy atom. The van der Waals surface area contributed by atoms with Crippen molar-refractivity contribution in [2.75, 3.05) is 10.5 Å². The van der Waals surface area contributed by atoms with E-state index in [-0.39, 0.29) is 24.0 Å². The predicted octanol–water partition coefficient (Wildman–Crippen LogP) is 2.52. The van der Waals surface area contributed by atoms with Gasteiger partial charge >= 0.3 is 0 Å². The Kier molecular flexibility index (Phi) is 5.33. The molecule has 0 saturated heterocycles. The van der Waals surface area contributed by atoms with Gasteiger partial charge in [-0.2, -0.15) is 0 Å². The van der Waals surface area contributed by atoms with Crippen molar-refractivity contribution in [3.05, 3.63) is 65.5 Å². The van der Waals surface area contributed by atoms with Crippen molar-refractivity contribution in [1.29, 1.82) is 0 Å².